The van der Waals surface area contributed by atoms with E-state index in [0.717, 1.165) is 0 Å². The van der Waals surface area contributed by atoms with Gasteiger partial charge in [0.25, 0.3) is 0 Å². The molecule has 0 saturated heterocycles. The second-order valence-corrected chi connectivity index (χ2v) is 4.62. The molecule has 0 aromatic rings. The standard InChI is InChI=1S/6Ca.3H3O4P.2H2O.12H/c;;;;;;3*1-5(2,3)4;;;;;;;;;;;;;;/h;;;;;;3*(H3,1,2,3,4);2*1H2;;;;;;;;;;;;. The van der Waals surface area contributed by atoms with E-state index in [-0.39, 0.29) is 237 Å². The number of rotatable bonds is 0. The summed E-state index contributed by atoms with van der Waals surface area (Å²) in [5.41, 5.74) is 0. The zero-order valence-electron chi connectivity index (χ0n) is 7.59. The first kappa shape index (κ1) is 69.8. The van der Waals surface area contributed by atoms with Gasteiger partial charge in [0, 0.05) is 0 Å². The summed E-state index contributed by atoms with van der Waals surface area (Å²) in [5, 5.41) is 0. The predicted molar refractivity (Wildman–Crippen MR) is 101 cm³/mol. The third-order valence-corrected chi connectivity index (χ3v) is 0. The molecule has 23 heavy (non-hydrogen) atoms. The van der Waals surface area contributed by atoms with Crippen LogP contribution in [0.3, 0.4) is 0 Å². The van der Waals surface area contributed by atoms with Crippen molar-refractivity contribution >= 4 is 250 Å². The van der Waals surface area contributed by atoms with Gasteiger partial charge in [-0.3, -0.25) is 0 Å². The van der Waals surface area contributed by atoms with Crippen LogP contribution in [-0.4, -0.2) is 281 Å². The molecule has 0 amide bonds. The molecular formula is H25Ca6O14P3. The maximum atomic E-state index is 8.88. The van der Waals surface area contributed by atoms with Crippen molar-refractivity contribution < 1.29 is 68.7 Å². The molecule has 0 aliphatic carbocycles. The summed E-state index contributed by atoms with van der Waals surface area (Å²) in [4.78, 5) is 64.7. The number of hydrogen-bond donors (Lipinski definition) is 9. The zero-order chi connectivity index (χ0) is 13.5. The van der Waals surface area contributed by atoms with Gasteiger partial charge >= 0.3 is 250 Å². The van der Waals surface area contributed by atoms with E-state index >= 15 is 0 Å². The Morgan fingerprint density at radius 1 is 0.348 bits per heavy atom. The Bertz CT molecular complexity index is 217. The molecule has 0 bridgehead atoms. The van der Waals surface area contributed by atoms with E-state index in [4.69, 9.17) is 57.7 Å². The predicted octanol–water partition coefficient (Wildman–Crippen LogP) is -9.93. The van der Waals surface area contributed by atoms with Crippen LogP contribution in [0.4, 0.5) is 0 Å². The van der Waals surface area contributed by atoms with Crippen molar-refractivity contribution in [1.29, 1.82) is 0 Å². The van der Waals surface area contributed by atoms with Crippen molar-refractivity contribution in [2.24, 2.45) is 0 Å². The van der Waals surface area contributed by atoms with Crippen molar-refractivity contribution in [2.75, 3.05) is 0 Å². The van der Waals surface area contributed by atoms with Crippen molar-refractivity contribution in [3.8, 4) is 0 Å². The third kappa shape index (κ3) is 378. The van der Waals surface area contributed by atoms with Crippen LogP contribution in [0.1, 0.15) is 0 Å². The molecule has 0 spiro atoms. The minimum atomic E-state index is -4.64. The molecule has 0 atom stereocenters. The molecule has 0 fully saturated rings. The van der Waals surface area contributed by atoms with Gasteiger partial charge in [-0.05, 0) is 0 Å². The van der Waals surface area contributed by atoms with Crippen LogP contribution in [0, 0.1) is 0 Å². The Morgan fingerprint density at radius 3 is 0.348 bits per heavy atom. The minimum absolute atomic E-state index is 0. The average molecular weight is 583 g/mol. The van der Waals surface area contributed by atoms with Crippen LogP contribution in [0.5, 0.6) is 0 Å². The Kier molecular flexibility index (Phi) is 113. The summed E-state index contributed by atoms with van der Waals surface area (Å²) in [6, 6.07) is 0. The van der Waals surface area contributed by atoms with Gasteiger partial charge in [0.2, 0.25) is 0 Å². The van der Waals surface area contributed by atoms with E-state index in [0.29, 0.717) is 0 Å². The van der Waals surface area contributed by atoms with E-state index in [1.54, 1.807) is 0 Å². The molecule has 0 aromatic carbocycles. The molecule has 0 unspecified atom stereocenters. The molecule has 136 valence electrons. The molecule has 0 aliphatic rings. The SMILES string of the molecule is O.O.O=P(O)(O)O.O=P(O)(O)O.O=P(O)(O)O.[CaH2].[CaH2].[CaH2].[CaH2].[CaH2].[CaH2]. The molecular weight excluding hydrogens is 557 g/mol. The number of hydrogen-bond acceptors (Lipinski definition) is 3. The molecule has 0 rings (SSSR count). The average Bonchev–Trinajstić information content (AvgIpc) is 1.41. The topological polar surface area (TPSA) is 296 Å². The van der Waals surface area contributed by atoms with Gasteiger partial charge in [0.15, 0.2) is 0 Å². The maximum absolute atomic E-state index is 8.88. The summed E-state index contributed by atoms with van der Waals surface area (Å²) in [6.45, 7) is 0. The third-order valence-electron chi connectivity index (χ3n) is 0. The molecule has 0 saturated carbocycles. The normalized spacial score (nSPS) is 7.70. The second kappa shape index (κ2) is 37.1. The monoisotopic (exact) mass is 582 g/mol. The van der Waals surface area contributed by atoms with Gasteiger partial charge in [-0.1, -0.05) is 0 Å². The first-order valence-electron chi connectivity index (χ1n) is 2.35. The molecule has 0 heterocycles. The van der Waals surface area contributed by atoms with Gasteiger partial charge in [-0.2, -0.15) is 0 Å². The summed E-state index contributed by atoms with van der Waals surface area (Å²) in [6.07, 6.45) is 0. The van der Waals surface area contributed by atoms with E-state index in [9.17, 15) is 0 Å². The summed E-state index contributed by atoms with van der Waals surface area (Å²) in [5.74, 6) is 0. The molecule has 0 radical (unpaired) electrons. The Morgan fingerprint density at radius 2 is 0.348 bits per heavy atom. The summed E-state index contributed by atoms with van der Waals surface area (Å²) >= 11 is 0. The van der Waals surface area contributed by atoms with Crippen LogP contribution in [0.2, 0.25) is 0 Å². The molecule has 13 N–H and O–H groups in total. The van der Waals surface area contributed by atoms with Gasteiger partial charge in [0.1, 0.15) is 0 Å². The molecule has 0 aromatic heterocycles. The Labute approximate surface area is 310 Å². The van der Waals surface area contributed by atoms with E-state index in [1.165, 1.54) is 0 Å². The first-order chi connectivity index (χ1) is 6.00. The molecule has 0 aliphatic heterocycles. The molecule has 14 nitrogen and oxygen atoms in total. The van der Waals surface area contributed by atoms with E-state index in [2.05, 4.69) is 0 Å². The fourth-order valence-electron chi connectivity index (χ4n) is 0. The van der Waals surface area contributed by atoms with Gasteiger partial charge in [-0.25, -0.2) is 13.7 Å². The Hall–Kier alpha value is 7.81. The van der Waals surface area contributed by atoms with Gasteiger partial charge in [0.05, 0.1) is 0 Å². The van der Waals surface area contributed by atoms with Gasteiger partial charge < -0.3 is 55.0 Å². The zero-order valence-corrected chi connectivity index (χ0v) is 10.3. The van der Waals surface area contributed by atoms with E-state index < -0.39 is 23.5 Å². The van der Waals surface area contributed by atoms with Crippen molar-refractivity contribution in [1.82, 2.24) is 0 Å². The van der Waals surface area contributed by atoms with Crippen LogP contribution in [0.15, 0.2) is 0 Å². The fourth-order valence-corrected chi connectivity index (χ4v) is 0. The fraction of sp³-hybridized carbons (Fsp3) is 0. The van der Waals surface area contributed by atoms with Crippen LogP contribution < -0.4 is 0 Å². The first-order valence-corrected chi connectivity index (χ1v) is 7.04. The van der Waals surface area contributed by atoms with Crippen molar-refractivity contribution in [3.05, 3.63) is 0 Å². The van der Waals surface area contributed by atoms with Gasteiger partial charge in [-0.15, -0.1) is 0 Å². The van der Waals surface area contributed by atoms with Crippen molar-refractivity contribution in [2.45, 2.75) is 0 Å². The second-order valence-electron chi connectivity index (χ2n) is 1.54. The summed E-state index contributed by atoms with van der Waals surface area (Å²) < 4.78 is 26.6. The summed E-state index contributed by atoms with van der Waals surface area (Å²) in [7, 11) is -13.9. The number of phosphoric acid groups is 3. The van der Waals surface area contributed by atoms with Crippen LogP contribution in [-0.2, 0) is 13.7 Å². The van der Waals surface area contributed by atoms with E-state index in [1.807, 2.05) is 0 Å². The quantitative estimate of drug-likeness (QED) is 0.0950. The van der Waals surface area contributed by atoms with Crippen LogP contribution in [0.25, 0.3) is 0 Å². The van der Waals surface area contributed by atoms with Crippen molar-refractivity contribution in [3.63, 3.8) is 0 Å². The molecule has 23 heteroatoms. The van der Waals surface area contributed by atoms with Crippen LogP contribution >= 0.6 is 23.5 Å². The Balaban J connectivity index is -0.00000000889.